The molecule has 0 atom stereocenters. The first-order chi connectivity index (χ1) is 13.2. The van der Waals surface area contributed by atoms with Crippen LogP contribution in [0.1, 0.15) is 28.8 Å². The molecule has 140 valence electrons. The topological polar surface area (TPSA) is 50.2 Å². The van der Waals surface area contributed by atoms with E-state index in [-0.39, 0.29) is 5.91 Å². The van der Waals surface area contributed by atoms with Crippen molar-refractivity contribution >= 4 is 28.4 Å². The number of halogens is 1. The lowest BCUT2D eigenvalue weighted by atomic mass is 10.1. The highest BCUT2D eigenvalue weighted by atomic mass is 35.5. The smallest absolute Gasteiger partial charge is 0.251 e. The zero-order valence-corrected chi connectivity index (χ0v) is 16.0. The van der Waals surface area contributed by atoms with E-state index in [1.54, 1.807) is 0 Å². The predicted molar refractivity (Wildman–Crippen MR) is 108 cm³/mol. The van der Waals surface area contributed by atoms with Crippen LogP contribution in [0.4, 0.5) is 0 Å². The van der Waals surface area contributed by atoms with Crippen molar-refractivity contribution < 1.29 is 4.79 Å². The second-order valence-electron chi connectivity index (χ2n) is 7.01. The number of amides is 1. The molecule has 0 radical (unpaired) electrons. The van der Waals surface area contributed by atoms with Crippen molar-refractivity contribution in [2.75, 3.05) is 26.2 Å². The van der Waals surface area contributed by atoms with Crippen LogP contribution in [0.25, 0.3) is 10.9 Å². The lowest BCUT2D eigenvalue weighted by Crippen LogP contribution is -2.33. The number of carbonyl (C=O) groups is 1. The van der Waals surface area contributed by atoms with E-state index in [0.29, 0.717) is 23.7 Å². The van der Waals surface area contributed by atoms with Gasteiger partial charge in [-0.3, -0.25) is 9.48 Å². The Morgan fingerprint density at radius 2 is 2.00 bits per heavy atom. The van der Waals surface area contributed by atoms with E-state index < -0.39 is 0 Å². The molecular weight excluding hydrogens is 360 g/mol. The maximum atomic E-state index is 12.5. The molecule has 0 saturated carbocycles. The van der Waals surface area contributed by atoms with E-state index in [0.717, 1.165) is 36.1 Å². The molecule has 0 spiro atoms. The molecule has 3 aromatic rings. The molecule has 0 unspecified atom stereocenters. The first-order valence-electron chi connectivity index (χ1n) is 9.40. The third-order valence-corrected chi connectivity index (χ3v) is 5.28. The SMILES string of the molecule is O=C(NCCN1CCCC1)c1ccc2cnn(Cc3cccc(Cl)c3)c2c1. The molecule has 2 heterocycles. The Balaban J connectivity index is 1.46. The molecule has 0 bridgehead atoms. The Labute approximate surface area is 163 Å². The second-order valence-corrected chi connectivity index (χ2v) is 7.45. The molecular formula is C21H23ClN4O. The third-order valence-electron chi connectivity index (χ3n) is 5.04. The Bertz CT molecular complexity index is 946. The lowest BCUT2D eigenvalue weighted by molar-refractivity contribution is 0.0950. The van der Waals surface area contributed by atoms with Crippen LogP contribution in [0.3, 0.4) is 0 Å². The molecule has 27 heavy (non-hydrogen) atoms. The van der Waals surface area contributed by atoms with Gasteiger partial charge < -0.3 is 10.2 Å². The molecule has 4 rings (SSSR count). The molecule has 5 nitrogen and oxygen atoms in total. The van der Waals surface area contributed by atoms with E-state index in [1.807, 2.05) is 53.3 Å². The maximum absolute atomic E-state index is 12.5. The van der Waals surface area contributed by atoms with Crippen LogP contribution in [-0.2, 0) is 6.54 Å². The van der Waals surface area contributed by atoms with E-state index in [9.17, 15) is 4.79 Å². The first kappa shape index (κ1) is 18.0. The van der Waals surface area contributed by atoms with E-state index >= 15 is 0 Å². The largest absolute Gasteiger partial charge is 0.351 e. The summed E-state index contributed by atoms with van der Waals surface area (Å²) in [6.07, 6.45) is 4.36. The summed E-state index contributed by atoms with van der Waals surface area (Å²) in [4.78, 5) is 14.9. The van der Waals surface area contributed by atoms with Gasteiger partial charge >= 0.3 is 0 Å². The molecule has 1 aliphatic rings. The molecule has 0 aliphatic carbocycles. The van der Waals surface area contributed by atoms with Crippen molar-refractivity contribution in [2.24, 2.45) is 0 Å². The third kappa shape index (κ3) is 4.31. The van der Waals surface area contributed by atoms with E-state index in [2.05, 4.69) is 15.3 Å². The van der Waals surface area contributed by atoms with Gasteiger partial charge in [-0.1, -0.05) is 29.8 Å². The molecule has 2 aromatic carbocycles. The molecule has 1 saturated heterocycles. The summed E-state index contributed by atoms with van der Waals surface area (Å²) in [5.74, 6) is -0.0356. The van der Waals surface area contributed by atoms with Gasteiger partial charge in [-0.25, -0.2) is 0 Å². The average molecular weight is 383 g/mol. The van der Waals surface area contributed by atoms with Gasteiger partial charge in [0.25, 0.3) is 5.91 Å². The van der Waals surface area contributed by atoms with Crippen LogP contribution in [0.5, 0.6) is 0 Å². The van der Waals surface area contributed by atoms with E-state index in [1.165, 1.54) is 12.8 Å². The van der Waals surface area contributed by atoms with Gasteiger partial charge in [-0.05, 0) is 55.8 Å². The monoisotopic (exact) mass is 382 g/mol. The van der Waals surface area contributed by atoms with Gasteiger partial charge in [0, 0.05) is 29.1 Å². The standard InChI is InChI=1S/C21H23ClN4O/c22-19-5-3-4-16(12-19)15-26-20-13-17(6-7-18(20)14-24-26)21(27)23-8-11-25-9-1-2-10-25/h3-7,12-14H,1-2,8-11,15H2,(H,23,27). The van der Waals surface area contributed by atoms with Gasteiger partial charge in [-0.2, -0.15) is 5.10 Å². The van der Waals surface area contributed by atoms with Gasteiger partial charge in [-0.15, -0.1) is 0 Å². The number of likely N-dealkylation sites (tertiary alicyclic amines) is 1. The maximum Gasteiger partial charge on any atom is 0.251 e. The van der Waals surface area contributed by atoms with Crippen LogP contribution in [0.2, 0.25) is 5.02 Å². The lowest BCUT2D eigenvalue weighted by Gasteiger charge is -2.14. The summed E-state index contributed by atoms with van der Waals surface area (Å²) in [5, 5.41) is 9.23. The van der Waals surface area contributed by atoms with Crippen LogP contribution < -0.4 is 5.32 Å². The predicted octanol–water partition coefficient (Wildman–Crippen LogP) is 3.56. The van der Waals surface area contributed by atoms with Crippen LogP contribution in [0.15, 0.2) is 48.7 Å². The van der Waals surface area contributed by atoms with Gasteiger partial charge in [0.2, 0.25) is 0 Å². The molecule has 1 fully saturated rings. The van der Waals surface area contributed by atoms with E-state index in [4.69, 9.17) is 11.6 Å². The number of aromatic nitrogens is 2. The number of nitrogens with zero attached hydrogens (tertiary/aromatic N) is 3. The Morgan fingerprint density at radius 3 is 2.81 bits per heavy atom. The second kappa shape index (κ2) is 8.11. The Kier molecular flexibility index (Phi) is 5.41. The summed E-state index contributed by atoms with van der Waals surface area (Å²) in [7, 11) is 0. The number of rotatable bonds is 6. The van der Waals surface area contributed by atoms with Crippen molar-refractivity contribution in [3.8, 4) is 0 Å². The number of hydrogen-bond donors (Lipinski definition) is 1. The fourth-order valence-electron chi connectivity index (χ4n) is 3.58. The van der Waals surface area contributed by atoms with Crippen molar-refractivity contribution in [2.45, 2.75) is 19.4 Å². The summed E-state index contributed by atoms with van der Waals surface area (Å²) in [5.41, 5.74) is 2.69. The number of hydrogen-bond acceptors (Lipinski definition) is 3. The average Bonchev–Trinajstić information content (AvgIpc) is 3.32. The minimum atomic E-state index is -0.0356. The fourth-order valence-corrected chi connectivity index (χ4v) is 3.79. The van der Waals surface area contributed by atoms with Crippen molar-refractivity contribution in [3.63, 3.8) is 0 Å². The van der Waals surface area contributed by atoms with Gasteiger partial charge in [0.05, 0.1) is 18.3 Å². The molecule has 1 N–H and O–H groups in total. The number of carbonyl (C=O) groups excluding carboxylic acids is 1. The number of benzene rings is 2. The highest BCUT2D eigenvalue weighted by Gasteiger charge is 2.13. The van der Waals surface area contributed by atoms with Gasteiger partial charge in [0.15, 0.2) is 0 Å². The molecule has 1 aliphatic heterocycles. The zero-order chi connectivity index (χ0) is 18.6. The summed E-state index contributed by atoms with van der Waals surface area (Å²) < 4.78 is 1.90. The summed E-state index contributed by atoms with van der Waals surface area (Å²) in [6, 6.07) is 13.5. The number of nitrogens with one attached hydrogen (secondary N) is 1. The van der Waals surface area contributed by atoms with Crippen molar-refractivity contribution in [1.82, 2.24) is 20.0 Å². The Morgan fingerprint density at radius 1 is 1.15 bits per heavy atom. The minimum Gasteiger partial charge on any atom is -0.351 e. The van der Waals surface area contributed by atoms with Gasteiger partial charge in [0.1, 0.15) is 0 Å². The molecule has 1 amide bonds. The summed E-state index contributed by atoms with van der Waals surface area (Å²) in [6.45, 7) is 4.50. The quantitative estimate of drug-likeness (QED) is 0.709. The van der Waals surface area contributed by atoms with Crippen molar-refractivity contribution in [3.05, 3.63) is 64.8 Å². The molecule has 1 aromatic heterocycles. The minimum absolute atomic E-state index is 0.0356. The normalized spacial score (nSPS) is 14.7. The molecule has 6 heteroatoms. The zero-order valence-electron chi connectivity index (χ0n) is 15.2. The highest BCUT2D eigenvalue weighted by molar-refractivity contribution is 6.30. The van der Waals surface area contributed by atoms with Crippen molar-refractivity contribution in [1.29, 1.82) is 0 Å². The Hall–Kier alpha value is -2.37. The van der Waals surface area contributed by atoms with Crippen LogP contribution >= 0.6 is 11.6 Å². The first-order valence-corrected chi connectivity index (χ1v) is 9.77. The van der Waals surface area contributed by atoms with Crippen LogP contribution in [-0.4, -0.2) is 46.8 Å². The summed E-state index contributed by atoms with van der Waals surface area (Å²) >= 11 is 6.08. The number of fused-ring (bicyclic) bond motifs is 1. The highest BCUT2D eigenvalue weighted by Crippen LogP contribution is 2.18. The van der Waals surface area contributed by atoms with Crippen LogP contribution in [0, 0.1) is 0 Å². The fraction of sp³-hybridized carbons (Fsp3) is 0.333.